The molecule has 0 spiro atoms. The second kappa shape index (κ2) is 9.63. The maximum atomic E-state index is 11.5. The van der Waals surface area contributed by atoms with Gasteiger partial charge in [0.05, 0.1) is 5.75 Å². The molecule has 0 aromatic carbocycles. The molecular weight excluding hydrogens is 286 g/mol. The van der Waals surface area contributed by atoms with E-state index in [9.17, 15) is 4.79 Å². The van der Waals surface area contributed by atoms with Gasteiger partial charge >= 0.3 is 0 Å². The zero-order valence-corrected chi connectivity index (χ0v) is 13.2. The van der Waals surface area contributed by atoms with Gasteiger partial charge in [-0.2, -0.15) is 0 Å². The summed E-state index contributed by atoms with van der Waals surface area (Å²) in [7, 11) is 0. The number of unbranched alkanes of at least 4 members (excludes halogenated alkanes) is 3. The Kier molecular flexibility index (Phi) is 8.45. The van der Waals surface area contributed by atoms with E-state index in [1.807, 2.05) is 6.26 Å². The van der Waals surface area contributed by atoms with Crippen molar-refractivity contribution in [2.45, 2.75) is 41.3 Å². The van der Waals surface area contributed by atoms with Gasteiger partial charge in [0.1, 0.15) is 0 Å². The number of hydrogen-bond donors (Lipinski definition) is 1. The Morgan fingerprint density at radius 3 is 2.72 bits per heavy atom. The SMILES string of the molecule is CCCCCCNC(=O)CSc1nnc(SC)s1. The minimum Gasteiger partial charge on any atom is -0.355 e. The topological polar surface area (TPSA) is 54.9 Å². The maximum absolute atomic E-state index is 11.5. The van der Waals surface area contributed by atoms with Crippen molar-refractivity contribution in [3.8, 4) is 0 Å². The summed E-state index contributed by atoms with van der Waals surface area (Å²) >= 11 is 4.56. The molecule has 0 bridgehead atoms. The third-order valence-corrected chi connectivity index (χ3v) is 5.27. The van der Waals surface area contributed by atoms with E-state index >= 15 is 0 Å². The highest BCUT2D eigenvalue weighted by molar-refractivity contribution is 8.03. The third kappa shape index (κ3) is 6.61. The molecule has 1 aromatic heterocycles. The van der Waals surface area contributed by atoms with Crippen molar-refractivity contribution in [3.05, 3.63) is 0 Å². The van der Waals surface area contributed by atoms with Gasteiger partial charge in [-0.1, -0.05) is 61.0 Å². The number of carbonyl (C=O) groups excluding carboxylic acids is 1. The lowest BCUT2D eigenvalue weighted by Gasteiger charge is -2.03. The number of aromatic nitrogens is 2. The van der Waals surface area contributed by atoms with Crippen LogP contribution in [0.25, 0.3) is 0 Å². The fourth-order valence-electron chi connectivity index (χ4n) is 1.30. The Morgan fingerprint density at radius 2 is 2.06 bits per heavy atom. The number of amides is 1. The molecule has 0 radical (unpaired) electrons. The summed E-state index contributed by atoms with van der Waals surface area (Å²) in [4.78, 5) is 11.5. The number of hydrogen-bond acceptors (Lipinski definition) is 6. The van der Waals surface area contributed by atoms with Crippen molar-refractivity contribution in [3.63, 3.8) is 0 Å². The Balaban J connectivity index is 2.09. The Morgan fingerprint density at radius 1 is 1.28 bits per heavy atom. The largest absolute Gasteiger partial charge is 0.355 e. The van der Waals surface area contributed by atoms with E-state index in [-0.39, 0.29) is 5.91 Å². The van der Waals surface area contributed by atoms with Crippen LogP contribution in [-0.2, 0) is 4.79 Å². The van der Waals surface area contributed by atoms with E-state index in [1.54, 1.807) is 11.8 Å². The van der Waals surface area contributed by atoms with Gasteiger partial charge in [-0.05, 0) is 12.7 Å². The summed E-state index contributed by atoms with van der Waals surface area (Å²) in [6.07, 6.45) is 6.69. The second-order valence-corrected chi connectivity index (χ2v) is 6.99. The Hall–Kier alpha value is -0.270. The fraction of sp³-hybridized carbons (Fsp3) is 0.727. The van der Waals surface area contributed by atoms with Crippen molar-refractivity contribution in [1.82, 2.24) is 15.5 Å². The molecule has 4 nitrogen and oxygen atoms in total. The monoisotopic (exact) mass is 305 g/mol. The van der Waals surface area contributed by atoms with Crippen LogP contribution in [0.2, 0.25) is 0 Å². The van der Waals surface area contributed by atoms with E-state index in [1.165, 1.54) is 42.4 Å². The second-order valence-electron chi connectivity index (χ2n) is 3.74. The Labute approximate surface area is 121 Å². The lowest BCUT2D eigenvalue weighted by molar-refractivity contribution is -0.118. The zero-order valence-electron chi connectivity index (χ0n) is 10.8. The van der Waals surface area contributed by atoms with Crippen LogP contribution in [-0.4, -0.2) is 34.7 Å². The van der Waals surface area contributed by atoms with E-state index in [2.05, 4.69) is 22.4 Å². The van der Waals surface area contributed by atoms with Crippen LogP contribution in [0.3, 0.4) is 0 Å². The van der Waals surface area contributed by atoms with Gasteiger partial charge < -0.3 is 5.32 Å². The lowest BCUT2D eigenvalue weighted by Crippen LogP contribution is -2.26. The first-order valence-electron chi connectivity index (χ1n) is 6.03. The van der Waals surface area contributed by atoms with Gasteiger partial charge in [0.2, 0.25) is 5.91 Å². The van der Waals surface area contributed by atoms with E-state index in [4.69, 9.17) is 0 Å². The van der Waals surface area contributed by atoms with E-state index < -0.39 is 0 Å². The Bertz CT molecular complexity index is 357. The number of thioether (sulfide) groups is 2. The molecule has 0 atom stereocenters. The molecule has 0 aliphatic carbocycles. The molecule has 1 rings (SSSR count). The van der Waals surface area contributed by atoms with Crippen molar-refractivity contribution in [2.75, 3.05) is 18.6 Å². The van der Waals surface area contributed by atoms with Gasteiger partial charge in [-0.15, -0.1) is 10.2 Å². The number of carbonyl (C=O) groups is 1. The average Bonchev–Trinajstić information content (AvgIpc) is 2.84. The van der Waals surface area contributed by atoms with Gasteiger partial charge in [-0.25, -0.2) is 0 Å². The van der Waals surface area contributed by atoms with Gasteiger partial charge in [-0.3, -0.25) is 4.79 Å². The van der Waals surface area contributed by atoms with E-state index in [0.717, 1.165) is 21.6 Å². The minimum atomic E-state index is 0.0809. The molecule has 1 aromatic rings. The summed E-state index contributed by atoms with van der Waals surface area (Å²) in [5, 5.41) is 10.9. The highest BCUT2D eigenvalue weighted by Crippen LogP contribution is 2.26. The van der Waals surface area contributed by atoms with Crippen LogP contribution in [0, 0.1) is 0 Å². The maximum Gasteiger partial charge on any atom is 0.230 e. The first-order chi connectivity index (χ1) is 8.76. The highest BCUT2D eigenvalue weighted by atomic mass is 32.2. The minimum absolute atomic E-state index is 0.0809. The van der Waals surface area contributed by atoms with E-state index in [0.29, 0.717) is 5.75 Å². The number of nitrogens with zero attached hydrogens (tertiary/aromatic N) is 2. The van der Waals surface area contributed by atoms with Crippen molar-refractivity contribution >= 4 is 40.8 Å². The van der Waals surface area contributed by atoms with Crippen molar-refractivity contribution < 1.29 is 4.79 Å². The quantitative estimate of drug-likeness (QED) is 0.561. The van der Waals surface area contributed by atoms with Gasteiger partial charge in [0.25, 0.3) is 0 Å². The number of nitrogens with one attached hydrogen (secondary N) is 1. The summed E-state index contributed by atoms with van der Waals surface area (Å²) in [6.45, 7) is 2.96. The van der Waals surface area contributed by atoms with Gasteiger partial charge in [0.15, 0.2) is 8.68 Å². The first kappa shape index (κ1) is 15.8. The molecule has 0 aliphatic heterocycles. The molecule has 1 heterocycles. The first-order valence-corrected chi connectivity index (χ1v) is 9.06. The van der Waals surface area contributed by atoms with Crippen LogP contribution in [0.4, 0.5) is 0 Å². The summed E-state index contributed by atoms with van der Waals surface area (Å²) < 4.78 is 1.80. The summed E-state index contributed by atoms with van der Waals surface area (Å²) in [5.74, 6) is 0.508. The number of rotatable bonds is 9. The van der Waals surface area contributed by atoms with Crippen LogP contribution in [0.1, 0.15) is 32.6 Å². The molecule has 0 saturated carbocycles. The molecule has 1 N–H and O–H groups in total. The van der Waals surface area contributed by atoms with Crippen molar-refractivity contribution in [1.29, 1.82) is 0 Å². The smallest absolute Gasteiger partial charge is 0.230 e. The van der Waals surface area contributed by atoms with Crippen molar-refractivity contribution in [2.24, 2.45) is 0 Å². The normalized spacial score (nSPS) is 10.6. The molecule has 0 fully saturated rings. The molecule has 1 amide bonds. The fourth-order valence-corrected chi connectivity index (χ4v) is 3.56. The molecule has 102 valence electrons. The lowest BCUT2D eigenvalue weighted by atomic mass is 10.2. The predicted octanol–water partition coefficient (Wildman–Crippen LogP) is 3.05. The van der Waals surface area contributed by atoms with Crippen LogP contribution in [0.5, 0.6) is 0 Å². The molecule has 0 aliphatic rings. The summed E-state index contributed by atoms with van der Waals surface area (Å²) in [6, 6.07) is 0. The predicted molar refractivity (Wildman–Crippen MR) is 79.6 cm³/mol. The molecular formula is C11H19N3OS3. The average molecular weight is 305 g/mol. The molecule has 18 heavy (non-hydrogen) atoms. The third-order valence-electron chi connectivity index (χ3n) is 2.24. The molecule has 7 heteroatoms. The standard InChI is InChI=1S/C11H19N3OS3/c1-3-4-5-6-7-12-9(15)8-17-11-14-13-10(16-2)18-11/h3-8H2,1-2H3,(H,12,15). The van der Waals surface area contributed by atoms with Crippen LogP contribution < -0.4 is 5.32 Å². The molecule has 0 unspecified atom stereocenters. The molecule has 0 saturated heterocycles. The van der Waals surface area contributed by atoms with Gasteiger partial charge in [0, 0.05) is 6.54 Å². The van der Waals surface area contributed by atoms with Crippen LogP contribution in [0.15, 0.2) is 8.68 Å². The highest BCUT2D eigenvalue weighted by Gasteiger charge is 2.07. The summed E-state index contributed by atoms with van der Waals surface area (Å²) in [5.41, 5.74) is 0. The van der Waals surface area contributed by atoms with Crippen LogP contribution >= 0.6 is 34.9 Å². The zero-order chi connectivity index (χ0) is 13.2.